The van der Waals surface area contributed by atoms with Gasteiger partial charge in [-0.05, 0) is 65.4 Å². The van der Waals surface area contributed by atoms with Crippen LogP contribution >= 0.6 is 22.6 Å². The minimum Gasteiger partial charge on any atom is -0.378 e. The summed E-state index contributed by atoms with van der Waals surface area (Å²) >= 11 is 2.34. The fraction of sp³-hybridized carbons (Fsp3) is 0.200. The second kappa shape index (κ2) is 4.59. The van der Waals surface area contributed by atoms with E-state index in [4.69, 9.17) is 9.97 Å². The van der Waals surface area contributed by atoms with Crippen LogP contribution in [-0.2, 0) is 0 Å². The summed E-state index contributed by atoms with van der Waals surface area (Å²) in [6.45, 7) is 2.10. The normalized spacial score (nSPS) is 11.2. The Morgan fingerprint density at radius 3 is 2.26 bits per heavy atom. The summed E-state index contributed by atoms with van der Waals surface area (Å²) in [5.74, 6) is 0. The van der Waals surface area contributed by atoms with E-state index in [-0.39, 0.29) is 0 Å². The quantitative estimate of drug-likeness (QED) is 0.487. The van der Waals surface area contributed by atoms with Crippen LogP contribution in [0, 0.1) is 10.5 Å². The SMILES string of the molecule is Cc1cc2nc3ccc(N(C)C)cc3nc2cc1I. The van der Waals surface area contributed by atoms with Gasteiger partial charge in [0.15, 0.2) is 0 Å². The predicted molar refractivity (Wildman–Crippen MR) is 88.8 cm³/mol. The lowest BCUT2D eigenvalue weighted by Gasteiger charge is -2.12. The molecule has 0 saturated heterocycles. The molecule has 0 aliphatic heterocycles. The topological polar surface area (TPSA) is 29.0 Å². The zero-order valence-corrected chi connectivity index (χ0v) is 13.3. The molecule has 0 aliphatic carbocycles. The molecule has 0 amide bonds. The monoisotopic (exact) mass is 363 g/mol. The maximum absolute atomic E-state index is 4.73. The average Bonchev–Trinajstić information content (AvgIpc) is 2.37. The van der Waals surface area contributed by atoms with Crippen LogP contribution in [0.25, 0.3) is 22.1 Å². The van der Waals surface area contributed by atoms with E-state index < -0.39 is 0 Å². The number of benzene rings is 2. The fourth-order valence-electron chi connectivity index (χ4n) is 2.07. The molecule has 96 valence electrons. The van der Waals surface area contributed by atoms with Crippen molar-refractivity contribution >= 4 is 50.3 Å². The van der Waals surface area contributed by atoms with Gasteiger partial charge in [0.2, 0.25) is 0 Å². The summed E-state index contributed by atoms with van der Waals surface area (Å²) in [4.78, 5) is 11.5. The highest BCUT2D eigenvalue weighted by Gasteiger charge is 2.06. The van der Waals surface area contributed by atoms with Crippen molar-refractivity contribution in [1.29, 1.82) is 0 Å². The van der Waals surface area contributed by atoms with Crippen LogP contribution in [-0.4, -0.2) is 24.1 Å². The van der Waals surface area contributed by atoms with Gasteiger partial charge < -0.3 is 4.90 Å². The van der Waals surface area contributed by atoms with E-state index in [1.165, 1.54) is 9.13 Å². The van der Waals surface area contributed by atoms with Crippen molar-refractivity contribution in [3.8, 4) is 0 Å². The van der Waals surface area contributed by atoms with Crippen molar-refractivity contribution in [2.24, 2.45) is 0 Å². The van der Waals surface area contributed by atoms with Gasteiger partial charge in [0.25, 0.3) is 0 Å². The highest BCUT2D eigenvalue weighted by Crippen LogP contribution is 2.23. The average molecular weight is 363 g/mol. The number of rotatable bonds is 1. The highest BCUT2D eigenvalue weighted by atomic mass is 127. The van der Waals surface area contributed by atoms with Gasteiger partial charge in [-0.25, -0.2) is 9.97 Å². The molecular weight excluding hydrogens is 349 g/mol. The molecule has 0 aliphatic rings. The molecule has 0 N–H and O–H groups in total. The van der Waals surface area contributed by atoms with Crippen molar-refractivity contribution in [2.45, 2.75) is 6.92 Å². The number of nitrogens with zero attached hydrogens (tertiary/aromatic N) is 3. The van der Waals surface area contributed by atoms with E-state index in [9.17, 15) is 0 Å². The second-order valence-corrected chi connectivity index (χ2v) is 6.04. The molecular formula is C15H14IN3. The van der Waals surface area contributed by atoms with Crippen LogP contribution in [0.2, 0.25) is 0 Å². The van der Waals surface area contributed by atoms with E-state index in [0.717, 1.165) is 27.8 Å². The predicted octanol–water partition coefficient (Wildman–Crippen LogP) is 3.76. The van der Waals surface area contributed by atoms with E-state index in [1.54, 1.807) is 0 Å². The molecule has 2 aromatic carbocycles. The summed E-state index contributed by atoms with van der Waals surface area (Å²) in [7, 11) is 4.06. The Morgan fingerprint density at radius 1 is 0.895 bits per heavy atom. The van der Waals surface area contributed by atoms with Crippen molar-refractivity contribution in [2.75, 3.05) is 19.0 Å². The molecule has 3 rings (SSSR count). The molecule has 19 heavy (non-hydrogen) atoms. The fourth-order valence-corrected chi connectivity index (χ4v) is 2.52. The summed E-state index contributed by atoms with van der Waals surface area (Å²) in [6.07, 6.45) is 0. The van der Waals surface area contributed by atoms with Crippen LogP contribution < -0.4 is 4.90 Å². The van der Waals surface area contributed by atoms with E-state index in [2.05, 4.69) is 58.7 Å². The van der Waals surface area contributed by atoms with Crippen molar-refractivity contribution in [3.63, 3.8) is 0 Å². The molecule has 0 bridgehead atoms. The lowest BCUT2D eigenvalue weighted by Crippen LogP contribution is -2.08. The molecule has 4 heteroatoms. The molecule has 0 saturated carbocycles. The molecule has 0 unspecified atom stereocenters. The Kier molecular flexibility index (Phi) is 3.05. The Hall–Kier alpha value is -1.43. The molecule has 3 nitrogen and oxygen atoms in total. The number of hydrogen-bond donors (Lipinski definition) is 0. The largest absolute Gasteiger partial charge is 0.378 e. The van der Waals surface area contributed by atoms with Gasteiger partial charge in [0.05, 0.1) is 22.1 Å². The zero-order chi connectivity index (χ0) is 13.6. The van der Waals surface area contributed by atoms with Crippen LogP contribution in [0.4, 0.5) is 5.69 Å². The third-order valence-electron chi connectivity index (χ3n) is 3.21. The number of halogens is 1. The maximum atomic E-state index is 4.73. The van der Waals surface area contributed by atoms with Gasteiger partial charge in [-0.3, -0.25) is 0 Å². The second-order valence-electron chi connectivity index (χ2n) is 4.88. The summed E-state index contributed by atoms with van der Waals surface area (Å²) < 4.78 is 1.22. The van der Waals surface area contributed by atoms with Crippen molar-refractivity contribution in [1.82, 2.24) is 9.97 Å². The zero-order valence-electron chi connectivity index (χ0n) is 11.1. The Balaban J connectivity index is 2.32. The third-order valence-corrected chi connectivity index (χ3v) is 4.38. The van der Waals surface area contributed by atoms with E-state index >= 15 is 0 Å². The number of anilines is 1. The molecule has 0 spiro atoms. The summed E-state index contributed by atoms with van der Waals surface area (Å²) in [5.41, 5.74) is 6.19. The minimum atomic E-state index is 0.943. The van der Waals surface area contributed by atoms with Gasteiger partial charge in [-0.2, -0.15) is 0 Å². The van der Waals surface area contributed by atoms with Crippen molar-refractivity contribution < 1.29 is 0 Å². The Labute approximate surface area is 125 Å². The molecule has 0 radical (unpaired) electrons. The number of aromatic nitrogens is 2. The third kappa shape index (κ3) is 2.25. The van der Waals surface area contributed by atoms with Gasteiger partial charge >= 0.3 is 0 Å². The van der Waals surface area contributed by atoms with Crippen LogP contribution in [0.3, 0.4) is 0 Å². The maximum Gasteiger partial charge on any atom is 0.0915 e. The first-order valence-electron chi connectivity index (χ1n) is 6.09. The van der Waals surface area contributed by atoms with Gasteiger partial charge in [-0.15, -0.1) is 0 Å². The molecule has 0 fully saturated rings. The minimum absolute atomic E-state index is 0.943. The van der Waals surface area contributed by atoms with Gasteiger partial charge in [-0.1, -0.05) is 0 Å². The van der Waals surface area contributed by atoms with Gasteiger partial charge in [0.1, 0.15) is 0 Å². The molecule has 0 atom stereocenters. The number of aryl methyl sites for hydroxylation is 1. The smallest absolute Gasteiger partial charge is 0.0915 e. The van der Waals surface area contributed by atoms with E-state index in [0.29, 0.717) is 0 Å². The molecule has 3 aromatic rings. The molecule has 1 heterocycles. The van der Waals surface area contributed by atoms with E-state index in [1.807, 2.05) is 20.2 Å². The first kappa shape index (κ1) is 12.6. The lowest BCUT2D eigenvalue weighted by atomic mass is 10.2. The van der Waals surface area contributed by atoms with Crippen molar-refractivity contribution in [3.05, 3.63) is 39.5 Å². The highest BCUT2D eigenvalue weighted by molar-refractivity contribution is 14.1. The Morgan fingerprint density at radius 2 is 1.53 bits per heavy atom. The number of fused-ring (bicyclic) bond motifs is 2. The first-order chi connectivity index (χ1) is 9.04. The summed E-state index contributed by atoms with van der Waals surface area (Å²) in [5, 5.41) is 0. The lowest BCUT2D eigenvalue weighted by molar-refractivity contribution is 1.13. The van der Waals surface area contributed by atoms with Crippen LogP contribution in [0.15, 0.2) is 30.3 Å². The summed E-state index contributed by atoms with van der Waals surface area (Å²) in [6, 6.07) is 10.4. The first-order valence-corrected chi connectivity index (χ1v) is 7.17. The van der Waals surface area contributed by atoms with Gasteiger partial charge in [0, 0.05) is 23.4 Å². The standard InChI is InChI=1S/C15H14IN3/c1-9-6-13-15(8-11(9)16)18-14-7-10(19(2)3)4-5-12(14)17-13/h4-8H,1-3H3. The molecule has 1 aromatic heterocycles. The van der Waals surface area contributed by atoms with Crippen LogP contribution in [0.1, 0.15) is 5.56 Å². The Bertz CT molecular complexity index is 781. The van der Waals surface area contributed by atoms with Crippen LogP contribution in [0.5, 0.6) is 0 Å². The number of hydrogen-bond acceptors (Lipinski definition) is 3.